The minimum absolute atomic E-state index is 0.0488. The van der Waals surface area contributed by atoms with E-state index in [0.717, 1.165) is 10.8 Å². The van der Waals surface area contributed by atoms with E-state index in [1.54, 1.807) is 6.07 Å². The van der Waals surface area contributed by atoms with Crippen LogP contribution >= 0.6 is 0 Å². The molecule has 0 aromatic heterocycles. The molecule has 0 saturated heterocycles. The van der Waals surface area contributed by atoms with E-state index in [2.05, 4.69) is 5.32 Å². The van der Waals surface area contributed by atoms with Gasteiger partial charge in [-0.25, -0.2) is 0 Å². The number of hydrogen-bond acceptors (Lipinski definition) is 4. The second-order valence-corrected chi connectivity index (χ2v) is 5.12. The number of carbonyl (C=O) groups excluding carboxylic acids is 1. The van der Waals surface area contributed by atoms with Gasteiger partial charge in [0.1, 0.15) is 11.3 Å². The molecule has 0 atom stereocenters. The fourth-order valence-corrected chi connectivity index (χ4v) is 2.51. The van der Waals surface area contributed by atoms with E-state index in [4.69, 9.17) is 4.74 Å². The number of methoxy groups -OCH3 is 1. The highest BCUT2D eigenvalue weighted by atomic mass is 16.6. The summed E-state index contributed by atoms with van der Waals surface area (Å²) in [6.45, 7) is 0. The van der Waals surface area contributed by atoms with Crippen LogP contribution < -0.4 is 10.1 Å². The topological polar surface area (TPSA) is 81.5 Å². The number of carbonyl (C=O) groups is 1. The second kappa shape index (κ2) is 6.37. The molecular weight excluding hydrogens is 308 g/mol. The maximum atomic E-state index is 12.6. The predicted molar refractivity (Wildman–Crippen MR) is 91.5 cm³/mol. The molecule has 0 heterocycles. The Kier molecular flexibility index (Phi) is 4.11. The molecule has 120 valence electrons. The SMILES string of the molecule is COc1ccc([N+](=O)[O-])c(C(=O)Nc2cccc3ccccc23)c1. The lowest BCUT2D eigenvalue weighted by Gasteiger charge is -2.10. The first-order valence-corrected chi connectivity index (χ1v) is 7.21. The Labute approximate surface area is 137 Å². The van der Waals surface area contributed by atoms with Crippen LogP contribution in [0.2, 0.25) is 0 Å². The summed E-state index contributed by atoms with van der Waals surface area (Å²) in [5.41, 5.74) is 0.274. The molecule has 0 unspecified atom stereocenters. The summed E-state index contributed by atoms with van der Waals surface area (Å²) in [4.78, 5) is 23.2. The molecule has 3 rings (SSSR count). The van der Waals surface area contributed by atoms with Gasteiger partial charge in [0.15, 0.2) is 0 Å². The van der Waals surface area contributed by atoms with Crippen LogP contribution in [0.4, 0.5) is 11.4 Å². The average Bonchev–Trinajstić information content (AvgIpc) is 2.61. The number of ether oxygens (including phenoxy) is 1. The third kappa shape index (κ3) is 2.89. The van der Waals surface area contributed by atoms with Crippen molar-refractivity contribution in [1.82, 2.24) is 0 Å². The summed E-state index contributed by atoms with van der Waals surface area (Å²) >= 11 is 0. The fraction of sp³-hybridized carbons (Fsp3) is 0.0556. The third-order valence-corrected chi connectivity index (χ3v) is 3.68. The van der Waals surface area contributed by atoms with Crippen molar-refractivity contribution in [1.29, 1.82) is 0 Å². The summed E-state index contributed by atoms with van der Waals surface area (Å²) in [6, 6.07) is 17.2. The summed E-state index contributed by atoms with van der Waals surface area (Å²) in [5.74, 6) is -0.180. The van der Waals surface area contributed by atoms with Gasteiger partial charge >= 0.3 is 0 Å². The van der Waals surface area contributed by atoms with Gasteiger partial charge in [0.2, 0.25) is 0 Å². The van der Waals surface area contributed by atoms with E-state index in [9.17, 15) is 14.9 Å². The Morgan fingerprint density at radius 1 is 1.08 bits per heavy atom. The number of nitro groups is 1. The third-order valence-electron chi connectivity index (χ3n) is 3.68. The van der Waals surface area contributed by atoms with Crippen molar-refractivity contribution in [2.45, 2.75) is 0 Å². The molecule has 6 heteroatoms. The number of anilines is 1. The monoisotopic (exact) mass is 322 g/mol. The van der Waals surface area contributed by atoms with Gasteiger partial charge in [0.25, 0.3) is 11.6 Å². The number of nitrogens with one attached hydrogen (secondary N) is 1. The zero-order chi connectivity index (χ0) is 17.1. The van der Waals surface area contributed by atoms with Crippen molar-refractivity contribution >= 4 is 28.1 Å². The highest BCUT2D eigenvalue weighted by Crippen LogP contribution is 2.27. The van der Waals surface area contributed by atoms with Crippen molar-refractivity contribution in [3.8, 4) is 5.75 Å². The number of fused-ring (bicyclic) bond motifs is 1. The molecule has 3 aromatic rings. The Balaban J connectivity index is 2.02. The molecule has 0 aliphatic heterocycles. The van der Waals surface area contributed by atoms with E-state index < -0.39 is 10.8 Å². The highest BCUT2D eigenvalue weighted by molar-refractivity contribution is 6.11. The number of benzene rings is 3. The normalized spacial score (nSPS) is 10.4. The molecule has 0 spiro atoms. The summed E-state index contributed by atoms with van der Waals surface area (Å²) in [7, 11) is 1.44. The molecule has 6 nitrogen and oxygen atoms in total. The lowest BCUT2D eigenvalue weighted by molar-refractivity contribution is -0.385. The van der Waals surface area contributed by atoms with Gasteiger partial charge in [-0.15, -0.1) is 0 Å². The van der Waals surface area contributed by atoms with Crippen LogP contribution in [-0.2, 0) is 0 Å². The first kappa shape index (κ1) is 15.5. The molecular formula is C18H14N2O4. The van der Waals surface area contributed by atoms with Crippen molar-refractivity contribution < 1.29 is 14.5 Å². The zero-order valence-electron chi connectivity index (χ0n) is 12.9. The first-order chi connectivity index (χ1) is 11.6. The molecule has 0 aliphatic carbocycles. The fourth-order valence-electron chi connectivity index (χ4n) is 2.51. The van der Waals surface area contributed by atoms with Gasteiger partial charge in [0.05, 0.1) is 12.0 Å². The zero-order valence-corrected chi connectivity index (χ0v) is 12.9. The van der Waals surface area contributed by atoms with Gasteiger partial charge in [0, 0.05) is 17.1 Å². The molecule has 0 radical (unpaired) electrons. The summed E-state index contributed by atoms with van der Waals surface area (Å²) in [6.07, 6.45) is 0. The number of nitrogens with zero attached hydrogens (tertiary/aromatic N) is 1. The van der Waals surface area contributed by atoms with E-state index in [-0.39, 0.29) is 11.3 Å². The van der Waals surface area contributed by atoms with Crippen LogP contribution in [0.3, 0.4) is 0 Å². The summed E-state index contributed by atoms with van der Waals surface area (Å²) in [5, 5.41) is 15.8. The average molecular weight is 322 g/mol. The van der Waals surface area contributed by atoms with Gasteiger partial charge in [-0.05, 0) is 23.6 Å². The maximum absolute atomic E-state index is 12.6. The maximum Gasteiger partial charge on any atom is 0.282 e. The van der Waals surface area contributed by atoms with Crippen LogP contribution in [0.15, 0.2) is 60.7 Å². The van der Waals surface area contributed by atoms with Gasteiger partial charge in [-0.3, -0.25) is 14.9 Å². The first-order valence-electron chi connectivity index (χ1n) is 7.21. The minimum Gasteiger partial charge on any atom is -0.497 e. The second-order valence-electron chi connectivity index (χ2n) is 5.12. The lowest BCUT2D eigenvalue weighted by Crippen LogP contribution is -2.14. The number of rotatable bonds is 4. The van der Waals surface area contributed by atoms with E-state index in [1.807, 2.05) is 36.4 Å². The Morgan fingerprint density at radius 3 is 2.58 bits per heavy atom. The highest BCUT2D eigenvalue weighted by Gasteiger charge is 2.21. The molecule has 1 amide bonds. The molecule has 0 bridgehead atoms. The smallest absolute Gasteiger partial charge is 0.282 e. The van der Waals surface area contributed by atoms with Gasteiger partial charge in [-0.1, -0.05) is 36.4 Å². The minimum atomic E-state index is -0.586. The quantitative estimate of drug-likeness (QED) is 0.581. The number of hydrogen-bond donors (Lipinski definition) is 1. The molecule has 0 fully saturated rings. The van der Waals surface area contributed by atoms with Gasteiger partial charge < -0.3 is 10.1 Å². The van der Waals surface area contributed by atoms with E-state index in [0.29, 0.717) is 11.4 Å². The van der Waals surface area contributed by atoms with Crippen LogP contribution in [-0.4, -0.2) is 17.9 Å². The van der Waals surface area contributed by atoms with Gasteiger partial charge in [-0.2, -0.15) is 0 Å². The van der Waals surface area contributed by atoms with Crippen molar-refractivity contribution in [2.24, 2.45) is 0 Å². The molecule has 1 N–H and O–H groups in total. The molecule has 3 aromatic carbocycles. The molecule has 0 aliphatic rings. The van der Waals surface area contributed by atoms with E-state index in [1.165, 1.54) is 25.3 Å². The Morgan fingerprint density at radius 2 is 1.83 bits per heavy atom. The van der Waals surface area contributed by atoms with Crippen molar-refractivity contribution in [3.05, 3.63) is 76.3 Å². The molecule has 24 heavy (non-hydrogen) atoms. The standard InChI is InChI=1S/C18H14N2O4/c1-24-13-9-10-17(20(22)23)15(11-13)18(21)19-16-8-4-6-12-5-2-3-7-14(12)16/h2-11H,1H3,(H,19,21). The Bertz CT molecular complexity index is 932. The van der Waals surface area contributed by atoms with Crippen LogP contribution in [0, 0.1) is 10.1 Å². The number of amides is 1. The number of nitro benzene ring substituents is 1. The van der Waals surface area contributed by atoms with E-state index >= 15 is 0 Å². The van der Waals surface area contributed by atoms with Crippen molar-refractivity contribution in [3.63, 3.8) is 0 Å². The lowest BCUT2D eigenvalue weighted by atomic mass is 10.1. The van der Waals surface area contributed by atoms with Crippen LogP contribution in [0.25, 0.3) is 10.8 Å². The summed E-state index contributed by atoms with van der Waals surface area (Å²) < 4.78 is 5.06. The predicted octanol–water partition coefficient (Wildman–Crippen LogP) is 4.01. The largest absolute Gasteiger partial charge is 0.497 e. The Hall–Kier alpha value is -3.41. The van der Waals surface area contributed by atoms with Crippen LogP contribution in [0.1, 0.15) is 10.4 Å². The van der Waals surface area contributed by atoms with Crippen LogP contribution in [0.5, 0.6) is 5.75 Å². The molecule has 0 saturated carbocycles. The van der Waals surface area contributed by atoms with Crippen molar-refractivity contribution in [2.75, 3.05) is 12.4 Å².